The topological polar surface area (TPSA) is 73.2 Å². The first-order valence-electron chi connectivity index (χ1n) is 6.72. The van der Waals surface area contributed by atoms with Gasteiger partial charge in [0.05, 0.1) is 5.69 Å². The van der Waals surface area contributed by atoms with Crippen molar-refractivity contribution in [2.75, 3.05) is 0 Å². The third-order valence-electron chi connectivity index (χ3n) is 2.54. The average Bonchev–Trinajstić information content (AvgIpc) is 2.68. The van der Waals surface area contributed by atoms with E-state index in [4.69, 9.17) is 4.74 Å². The molecule has 0 aromatic carbocycles. The highest BCUT2D eigenvalue weighted by Crippen LogP contribution is 2.09. The quantitative estimate of drug-likeness (QED) is 0.852. The van der Waals surface area contributed by atoms with Gasteiger partial charge in [-0.3, -0.25) is 9.48 Å². The summed E-state index contributed by atoms with van der Waals surface area (Å²) in [7, 11) is 0. The van der Waals surface area contributed by atoms with E-state index in [1.807, 2.05) is 13.8 Å². The monoisotopic (exact) mass is 281 g/mol. The molecule has 6 nitrogen and oxygen atoms in total. The number of nitrogens with one attached hydrogen (secondary N) is 1. The van der Waals surface area contributed by atoms with Crippen LogP contribution in [0.2, 0.25) is 0 Å². The Kier molecular flexibility index (Phi) is 4.92. The Morgan fingerprint density at radius 3 is 2.55 bits per heavy atom. The minimum Gasteiger partial charge on any atom is -0.458 e. The molecule has 0 radical (unpaired) electrons. The van der Waals surface area contributed by atoms with E-state index in [0.29, 0.717) is 12.2 Å². The maximum absolute atomic E-state index is 12.1. The van der Waals surface area contributed by atoms with Gasteiger partial charge in [-0.1, -0.05) is 0 Å². The van der Waals surface area contributed by atoms with Crippen molar-refractivity contribution in [3.05, 3.63) is 17.5 Å². The summed E-state index contributed by atoms with van der Waals surface area (Å²) in [5, 5.41) is 6.83. The summed E-state index contributed by atoms with van der Waals surface area (Å²) in [6, 6.07) is 0.989. The van der Waals surface area contributed by atoms with Crippen molar-refractivity contribution < 1.29 is 14.3 Å². The molecular formula is C14H23N3O3. The molecule has 112 valence electrons. The number of hydrogen-bond donors (Lipinski definition) is 1. The van der Waals surface area contributed by atoms with Gasteiger partial charge in [-0.05, 0) is 47.6 Å². The zero-order chi connectivity index (χ0) is 15.5. The molecule has 0 bridgehead atoms. The SMILES string of the molecule is CCn1nc(C)cc1C(=O)N[C@H](C)C(=O)OC(C)(C)C. The molecule has 1 aromatic heterocycles. The number of carbonyl (C=O) groups is 2. The standard InChI is InChI=1S/C14H23N3O3/c1-7-17-11(8-9(2)16-17)12(18)15-10(3)13(19)20-14(4,5)6/h8,10H,7H2,1-6H3,(H,15,18)/t10-/m1/s1. The van der Waals surface area contributed by atoms with E-state index in [-0.39, 0.29) is 5.91 Å². The average molecular weight is 281 g/mol. The lowest BCUT2D eigenvalue weighted by molar-refractivity contribution is -0.156. The van der Waals surface area contributed by atoms with Gasteiger partial charge in [0.2, 0.25) is 0 Å². The number of hydrogen-bond acceptors (Lipinski definition) is 4. The molecule has 0 saturated carbocycles. The largest absolute Gasteiger partial charge is 0.458 e. The van der Waals surface area contributed by atoms with Gasteiger partial charge in [0, 0.05) is 6.54 Å². The molecule has 0 aliphatic carbocycles. The fourth-order valence-corrected chi connectivity index (χ4v) is 1.69. The number of amides is 1. The molecule has 0 fully saturated rings. The van der Waals surface area contributed by atoms with Crippen LogP contribution in [-0.2, 0) is 16.1 Å². The van der Waals surface area contributed by atoms with Crippen LogP contribution >= 0.6 is 0 Å². The molecule has 1 aromatic rings. The maximum Gasteiger partial charge on any atom is 0.328 e. The van der Waals surface area contributed by atoms with Crippen molar-refractivity contribution in [2.24, 2.45) is 0 Å². The molecule has 0 aliphatic rings. The lowest BCUT2D eigenvalue weighted by Gasteiger charge is -2.22. The molecule has 20 heavy (non-hydrogen) atoms. The molecule has 1 rings (SSSR count). The number of ether oxygens (including phenoxy) is 1. The van der Waals surface area contributed by atoms with Gasteiger partial charge < -0.3 is 10.1 Å². The number of carbonyl (C=O) groups excluding carboxylic acids is 2. The van der Waals surface area contributed by atoms with Gasteiger partial charge in [0.15, 0.2) is 0 Å². The summed E-state index contributed by atoms with van der Waals surface area (Å²) >= 11 is 0. The molecule has 1 amide bonds. The van der Waals surface area contributed by atoms with Crippen molar-refractivity contribution in [3.8, 4) is 0 Å². The number of esters is 1. The highest BCUT2D eigenvalue weighted by Gasteiger charge is 2.24. The zero-order valence-electron chi connectivity index (χ0n) is 13.0. The van der Waals surface area contributed by atoms with Crippen molar-refractivity contribution in [1.29, 1.82) is 0 Å². The van der Waals surface area contributed by atoms with Gasteiger partial charge in [0.25, 0.3) is 5.91 Å². The van der Waals surface area contributed by atoms with Crippen LogP contribution in [0.1, 0.15) is 50.8 Å². The molecule has 0 unspecified atom stereocenters. The lowest BCUT2D eigenvalue weighted by atomic mass is 10.2. The Labute approximate surface area is 119 Å². The summed E-state index contributed by atoms with van der Waals surface area (Å²) < 4.78 is 6.83. The van der Waals surface area contributed by atoms with Crippen molar-refractivity contribution in [2.45, 2.75) is 59.7 Å². The molecule has 1 heterocycles. The third-order valence-corrected chi connectivity index (χ3v) is 2.54. The maximum atomic E-state index is 12.1. The second kappa shape index (κ2) is 6.07. The molecule has 1 N–H and O–H groups in total. The highest BCUT2D eigenvalue weighted by molar-refractivity contribution is 5.95. The van der Waals surface area contributed by atoms with Gasteiger partial charge in [0.1, 0.15) is 17.3 Å². The minimum absolute atomic E-state index is 0.328. The lowest BCUT2D eigenvalue weighted by Crippen LogP contribution is -2.42. The van der Waals surface area contributed by atoms with Crippen LogP contribution in [0.15, 0.2) is 6.07 Å². The van der Waals surface area contributed by atoms with E-state index in [9.17, 15) is 9.59 Å². The van der Waals surface area contributed by atoms with Crippen molar-refractivity contribution in [1.82, 2.24) is 15.1 Å². The van der Waals surface area contributed by atoms with E-state index in [1.165, 1.54) is 0 Å². The normalized spacial score (nSPS) is 12.9. The summed E-state index contributed by atoms with van der Waals surface area (Å²) in [5.74, 6) is -0.782. The number of aromatic nitrogens is 2. The molecule has 6 heteroatoms. The van der Waals surface area contributed by atoms with Gasteiger partial charge >= 0.3 is 5.97 Å². The first-order chi connectivity index (χ1) is 9.14. The Balaban J connectivity index is 2.72. The summed E-state index contributed by atoms with van der Waals surface area (Å²) in [5.41, 5.74) is 0.639. The van der Waals surface area contributed by atoms with E-state index in [0.717, 1.165) is 5.69 Å². The van der Waals surface area contributed by atoms with Crippen molar-refractivity contribution in [3.63, 3.8) is 0 Å². The second-order valence-electron chi connectivity index (χ2n) is 5.72. The predicted octanol–water partition coefficient (Wildman–Crippen LogP) is 1.67. The Bertz CT molecular complexity index is 500. The fraction of sp³-hybridized carbons (Fsp3) is 0.643. The molecule has 0 saturated heterocycles. The first kappa shape index (κ1) is 16.2. The summed E-state index contributed by atoms with van der Waals surface area (Å²) in [6.07, 6.45) is 0. The van der Waals surface area contributed by atoms with Crippen LogP contribution in [0.4, 0.5) is 0 Å². The number of rotatable bonds is 4. The second-order valence-corrected chi connectivity index (χ2v) is 5.72. The molecular weight excluding hydrogens is 258 g/mol. The van der Waals surface area contributed by atoms with Crippen LogP contribution in [-0.4, -0.2) is 33.3 Å². The minimum atomic E-state index is -0.706. The van der Waals surface area contributed by atoms with E-state index in [1.54, 1.807) is 38.4 Å². The number of aryl methyl sites for hydroxylation is 2. The van der Waals surface area contributed by atoms with E-state index < -0.39 is 17.6 Å². The van der Waals surface area contributed by atoms with Crippen LogP contribution in [0, 0.1) is 6.92 Å². The zero-order valence-corrected chi connectivity index (χ0v) is 13.0. The number of nitrogens with zero attached hydrogens (tertiary/aromatic N) is 2. The van der Waals surface area contributed by atoms with E-state index >= 15 is 0 Å². The predicted molar refractivity (Wildman–Crippen MR) is 75.4 cm³/mol. The molecule has 0 aliphatic heterocycles. The third kappa shape index (κ3) is 4.36. The first-order valence-corrected chi connectivity index (χ1v) is 6.72. The van der Waals surface area contributed by atoms with Gasteiger partial charge in [-0.2, -0.15) is 5.10 Å². The van der Waals surface area contributed by atoms with Crippen LogP contribution in [0.3, 0.4) is 0 Å². The molecule has 0 spiro atoms. The smallest absolute Gasteiger partial charge is 0.328 e. The summed E-state index contributed by atoms with van der Waals surface area (Å²) in [4.78, 5) is 24.0. The Morgan fingerprint density at radius 2 is 2.05 bits per heavy atom. The Morgan fingerprint density at radius 1 is 1.45 bits per heavy atom. The van der Waals surface area contributed by atoms with Crippen LogP contribution in [0.5, 0.6) is 0 Å². The van der Waals surface area contributed by atoms with Crippen molar-refractivity contribution >= 4 is 11.9 Å². The van der Waals surface area contributed by atoms with E-state index in [2.05, 4.69) is 10.4 Å². The van der Waals surface area contributed by atoms with Gasteiger partial charge in [-0.25, -0.2) is 4.79 Å². The summed E-state index contributed by atoms with van der Waals surface area (Å²) in [6.45, 7) is 11.3. The van der Waals surface area contributed by atoms with Gasteiger partial charge in [-0.15, -0.1) is 0 Å². The fourth-order valence-electron chi connectivity index (χ4n) is 1.69. The Hall–Kier alpha value is -1.85. The molecule has 1 atom stereocenters. The van der Waals surface area contributed by atoms with Crippen LogP contribution < -0.4 is 5.32 Å². The van der Waals surface area contributed by atoms with Crippen LogP contribution in [0.25, 0.3) is 0 Å². The highest BCUT2D eigenvalue weighted by atomic mass is 16.6.